The molecule has 0 spiro atoms. The van der Waals surface area contributed by atoms with Gasteiger partial charge in [0.15, 0.2) is 5.72 Å². The molecule has 1 aromatic carbocycles. The van der Waals surface area contributed by atoms with E-state index in [4.69, 9.17) is 47.4 Å². The molecule has 2 heterocycles. The molecule has 1 aromatic rings. The van der Waals surface area contributed by atoms with Crippen LogP contribution in [0, 0.1) is 10.1 Å². The van der Waals surface area contributed by atoms with Gasteiger partial charge in [0.05, 0.1) is 102 Å². The molecule has 14 heteroatoms. The molecule has 46 heavy (non-hydrogen) atoms. The molecule has 2 aliphatic rings. The number of anilines is 1. The molecular weight excluding hydrogens is 604 g/mol. The molecule has 3 rings (SSSR count). The lowest BCUT2D eigenvalue weighted by Gasteiger charge is -2.56. The second-order valence-electron chi connectivity index (χ2n) is 12.6. The van der Waals surface area contributed by atoms with E-state index in [2.05, 4.69) is 0 Å². The van der Waals surface area contributed by atoms with Crippen LogP contribution in [0.15, 0.2) is 12.1 Å². The average Bonchev–Trinajstić information content (AvgIpc) is 3.00. The van der Waals surface area contributed by atoms with Gasteiger partial charge in [0.1, 0.15) is 12.2 Å². The molecule has 2 aliphatic heterocycles. The summed E-state index contributed by atoms with van der Waals surface area (Å²) in [6.07, 6.45) is 0. The predicted molar refractivity (Wildman–Crippen MR) is 169 cm³/mol. The van der Waals surface area contributed by atoms with Crippen molar-refractivity contribution >= 4 is 11.4 Å². The molecule has 0 saturated carbocycles. The van der Waals surface area contributed by atoms with Gasteiger partial charge in [-0.15, -0.1) is 0 Å². The Kier molecular flexibility index (Phi) is 14.7. The van der Waals surface area contributed by atoms with Gasteiger partial charge >= 0.3 is 5.72 Å². The molecule has 0 saturated heterocycles. The van der Waals surface area contributed by atoms with Crippen LogP contribution in [-0.4, -0.2) is 123 Å². The quantitative estimate of drug-likeness (QED) is 0.132. The number of nitroso groups, excluding NO2 is 1. The van der Waals surface area contributed by atoms with Gasteiger partial charge in [-0.2, -0.15) is 0 Å². The number of hydrogen-bond acceptors (Lipinski definition) is 13. The van der Waals surface area contributed by atoms with Crippen LogP contribution in [0.25, 0.3) is 0 Å². The predicted octanol–water partition coefficient (Wildman–Crippen LogP) is 3.76. The summed E-state index contributed by atoms with van der Waals surface area (Å²) in [6.45, 7) is 16.0. The van der Waals surface area contributed by atoms with Crippen LogP contribution in [0.4, 0.5) is 11.4 Å². The summed E-state index contributed by atoms with van der Waals surface area (Å²) in [7, 11) is 3.24. The Hall–Kier alpha value is -1.82. The number of nitrogens with zero attached hydrogens (tertiary/aromatic N) is 2. The Labute approximate surface area is 272 Å². The number of hydrogen-bond donors (Lipinski definition) is 0. The fourth-order valence-electron chi connectivity index (χ4n) is 5.54. The fourth-order valence-corrected chi connectivity index (χ4v) is 5.54. The van der Waals surface area contributed by atoms with Crippen molar-refractivity contribution in [3.05, 3.63) is 33.4 Å². The maximum atomic E-state index is 13.9. The minimum atomic E-state index is -1.34. The summed E-state index contributed by atoms with van der Waals surface area (Å²) in [4.78, 5) is 13.9. The molecule has 2 atom stereocenters. The van der Waals surface area contributed by atoms with Crippen LogP contribution >= 0.6 is 0 Å². The largest absolute Gasteiger partial charge is 0.756 e. The summed E-state index contributed by atoms with van der Waals surface area (Å²) in [6, 6.07) is 3.47. The van der Waals surface area contributed by atoms with Crippen molar-refractivity contribution in [1.82, 2.24) is 0 Å². The summed E-state index contributed by atoms with van der Waals surface area (Å²) >= 11 is 0. The minimum Gasteiger partial charge on any atom is -0.756 e. The van der Waals surface area contributed by atoms with Crippen molar-refractivity contribution < 1.29 is 52.1 Å². The number of benzene rings is 1. The maximum Gasteiger partial charge on any atom is 0.342 e. The number of hydroxylamine groups is 1. The highest BCUT2D eigenvalue weighted by Gasteiger charge is 2.56. The van der Waals surface area contributed by atoms with E-state index in [9.17, 15) is 10.1 Å². The molecule has 0 aliphatic carbocycles. The normalized spacial score (nSPS) is 23.4. The zero-order valence-electron chi connectivity index (χ0n) is 28.8. The van der Waals surface area contributed by atoms with Crippen LogP contribution in [0.1, 0.15) is 52.7 Å². The third-order valence-corrected chi connectivity index (χ3v) is 7.75. The number of ether oxygens (including phenoxy) is 10. The molecular formula is C32H54N2O12. The maximum absolute atomic E-state index is 13.9. The second kappa shape index (κ2) is 17.5. The molecule has 0 bridgehead atoms. The first kappa shape index (κ1) is 38.6. The van der Waals surface area contributed by atoms with Crippen LogP contribution in [0.5, 0.6) is 0 Å². The summed E-state index contributed by atoms with van der Waals surface area (Å²) in [5.41, 5.74) is -2.41. The van der Waals surface area contributed by atoms with E-state index in [0.29, 0.717) is 88.6 Å². The topological polar surface area (TPSA) is 139 Å². The van der Waals surface area contributed by atoms with Crippen LogP contribution in [0.2, 0.25) is 0 Å². The Bertz CT molecular complexity index is 1100. The van der Waals surface area contributed by atoms with Gasteiger partial charge in [-0.1, -0.05) is 0 Å². The number of rotatable bonds is 22. The molecule has 264 valence electrons. The molecule has 0 radical (unpaired) electrons. The molecule has 0 fully saturated rings. The van der Waals surface area contributed by atoms with Crippen molar-refractivity contribution in [3.63, 3.8) is 0 Å². The van der Waals surface area contributed by atoms with E-state index in [0.717, 1.165) is 9.82 Å². The first-order valence-electron chi connectivity index (χ1n) is 15.8. The summed E-state index contributed by atoms with van der Waals surface area (Å²) < 4.78 is 56.9. The fraction of sp³-hybridized carbons (Fsp3) is 0.812. The van der Waals surface area contributed by atoms with E-state index in [1.807, 2.05) is 33.8 Å². The Morgan fingerprint density at radius 3 is 1.57 bits per heavy atom. The lowest BCUT2D eigenvalue weighted by atomic mass is 9.84. The van der Waals surface area contributed by atoms with E-state index >= 15 is 0 Å². The van der Waals surface area contributed by atoms with E-state index in [-0.39, 0.29) is 26.4 Å². The highest BCUT2D eigenvalue weighted by Crippen LogP contribution is 2.51. The monoisotopic (exact) mass is 658 g/mol. The summed E-state index contributed by atoms with van der Waals surface area (Å²) in [5, 5.41) is 14.6. The van der Waals surface area contributed by atoms with Gasteiger partial charge in [-0.25, -0.2) is 0 Å². The van der Waals surface area contributed by atoms with Crippen LogP contribution < -0.4 is 5.06 Å². The Morgan fingerprint density at radius 2 is 1.07 bits per heavy atom. The SMILES string of the molecule is COCCOCCOCCOCC1(C)OC(C)(C)c2cc3c(cc2N1[O-])[N+](=O)C(C)(COCCOCCOCCOC)OC3(C)C. The Balaban J connectivity index is 1.62. The van der Waals surface area contributed by atoms with Crippen molar-refractivity contribution in [2.24, 2.45) is 0 Å². The van der Waals surface area contributed by atoms with Crippen molar-refractivity contribution in [2.75, 3.05) is 112 Å². The van der Waals surface area contributed by atoms with Crippen molar-refractivity contribution in [2.45, 2.75) is 64.2 Å². The molecule has 0 aromatic heterocycles. The first-order valence-corrected chi connectivity index (χ1v) is 15.8. The van der Waals surface area contributed by atoms with Crippen molar-refractivity contribution in [1.29, 1.82) is 0 Å². The molecule has 2 unspecified atom stereocenters. The third kappa shape index (κ3) is 10.1. The van der Waals surface area contributed by atoms with E-state index < -0.39 is 22.7 Å². The number of fused-ring (bicyclic) bond motifs is 2. The standard InChI is InChI=1S/C32H54N2O12/c1-29(2)25-21-26-28(22-27(25)33(35)31(5,45-29)23-43-19-17-41-15-13-39-11-9-37-7)34(36)32(6,46-30(26,3)4)24-44-20-18-42-16-14-40-12-10-38-8/h21-22H,9-20,23-24H2,1-8H3. The second-order valence-corrected chi connectivity index (χ2v) is 12.6. The van der Waals surface area contributed by atoms with Gasteiger partial charge in [0.25, 0.3) is 5.69 Å². The molecule has 14 nitrogen and oxygen atoms in total. The smallest absolute Gasteiger partial charge is 0.342 e. The minimum absolute atomic E-state index is 0.00719. The highest BCUT2D eigenvalue weighted by molar-refractivity contribution is 5.67. The Morgan fingerprint density at radius 1 is 0.630 bits per heavy atom. The van der Waals surface area contributed by atoms with E-state index in [1.54, 1.807) is 34.1 Å². The van der Waals surface area contributed by atoms with Crippen LogP contribution in [0.3, 0.4) is 0 Å². The first-order chi connectivity index (χ1) is 21.8. The highest BCUT2D eigenvalue weighted by atomic mass is 16.6. The lowest BCUT2D eigenvalue weighted by Crippen LogP contribution is -2.57. The van der Waals surface area contributed by atoms with Gasteiger partial charge in [0, 0.05) is 43.4 Å². The molecule has 0 N–H and O–H groups in total. The summed E-state index contributed by atoms with van der Waals surface area (Å²) in [5.74, 6) is 0. The van der Waals surface area contributed by atoms with Gasteiger partial charge in [-0.05, 0) is 40.7 Å². The molecule has 0 amide bonds. The zero-order valence-corrected chi connectivity index (χ0v) is 28.8. The lowest BCUT2D eigenvalue weighted by molar-refractivity contribution is -0.636. The van der Waals surface area contributed by atoms with Gasteiger partial charge in [0.2, 0.25) is 0 Å². The average molecular weight is 659 g/mol. The number of methoxy groups -OCH3 is 2. The van der Waals surface area contributed by atoms with Gasteiger partial charge < -0.3 is 57.6 Å². The third-order valence-electron chi connectivity index (χ3n) is 7.75. The van der Waals surface area contributed by atoms with Crippen LogP contribution in [-0.2, 0) is 58.6 Å². The van der Waals surface area contributed by atoms with E-state index in [1.165, 1.54) is 0 Å². The zero-order chi connectivity index (χ0) is 33.8. The van der Waals surface area contributed by atoms with Gasteiger partial charge in [-0.3, -0.25) is 0 Å². The van der Waals surface area contributed by atoms with Crippen molar-refractivity contribution in [3.8, 4) is 0 Å².